The largest absolute Gasteiger partial charge is 0.359 e. The van der Waals surface area contributed by atoms with Crippen LogP contribution < -0.4 is 5.32 Å². The first-order chi connectivity index (χ1) is 25.7. The second kappa shape index (κ2) is 12.4. The van der Waals surface area contributed by atoms with Gasteiger partial charge in [-0.1, -0.05) is 140 Å². The Morgan fingerprint density at radius 3 is 2.00 bits per heavy atom. The van der Waals surface area contributed by atoms with Gasteiger partial charge in [0.2, 0.25) is 0 Å². The summed E-state index contributed by atoms with van der Waals surface area (Å²) in [6.07, 6.45) is 10.8. The molecule has 0 bridgehead atoms. The zero-order chi connectivity index (χ0) is 34.6. The number of pyridine rings is 1. The van der Waals surface area contributed by atoms with Crippen LogP contribution in [-0.2, 0) is 0 Å². The molecule has 3 aromatic heterocycles. The summed E-state index contributed by atoms with van der Waals surface area (Å²) in [7, 11) is 0. The molecule has 4 heterocycles. The number of para-hydroxylation sites is 2. The van der Waals surface area contributed by atoms with E-state index in [0.29, 0.717) is 0 Å². The number of benzene rings is 5. The third-order valence-electron chi connectivity index (χ3n) is 10.6. The molecule has 10 rings (SSSR count). The van der Waals surface area contributed by atoms with Crippen LogP contribution in [0.4, 0.5) is 0 Å². The Labute approximate surface area is 302 Å². The first-order valence-corrected chi connectivity index (χ1v) is 18.2. The van der Waals surface area contributed by atoms with Crippen LogP contribution in [0, 0.1) is 5.92 Å². The van der Waals surface area contributed by atoms with E-state index in [-0.39, 0.29) is 12.1 Å². The fraction of sp³-hybridized carbons (Fsp3) is 0.106. The van der Waals surface area contributed by atoms with E-state index in [9.17, 15) is 0 Å². The second-order valence-electron chi connectivity index (χ2n) is 13.8. The first kappa shape index (κ1) is 30.4. The molecule has 1 aliphatic heterocycles. The Morgan fingerprint density at radius 1 is 0.635 bits per heavy atom. The zero-order valence-corrected chi connectivity index (χ0v) is 28.9. The average molecular weight is 672 g/mol. The van der Waals surface area contributed by atoms with Gasteiger partial charge < -0.3 is 9.88 Å². The van der Waals surface area contributed by atoms with Crippen molar-refractivity contribution in [2.24, 2.45) is 10.9 Å². The number of fused-ring (bicyclic) bond motifs is 7. The van der Waals surface area contributed by atoms with Crippen LogP contribution >= 0.6 is 0 Å². The molecule has 52 heavy (non-hydrogen) atoms. The Balaban J connectivity index is 1.20. The van der Waals surface area contributed by atoms with Gasteiger partial charge >= 0.3 is 0 Å². The maximum Gasteiger partial charge on any atom is 0.145 e. The Hall–Kier alpha value is -6.46. The van der Waals surface area contributed by atoms with Crippen molar-refractivity contribution in [2.75, 3.05) is 0 Å². The molecule has 250 valence electrons. The van der Waals surface area contributed by atoms with Crippen molar-refractivity contribution in [3.63, 3.8) is 0 Å². The molecule has 5 heteroatoms. The van der Waals surface area contributed by atoms with Crippen LogP contribution in [0.1, 0.15) is 42.8 Å². The molecule has 0 amide bonds. The van der Waals surface area contributed by atoms with E-state index >= 15 is 0 Å². The molecule has 5 nitrogen and oxygen atoms in total. The molecule has 5 aromatic carbocycles. The molecule has 0 saturated carbocycles. The van der Waals surface area contributed by atoms with E-state index in [2.05, 4.69) is 185 Å². The van der Waals surface area contributed by atoms with Crippen LogP contribution in [-0.4, -0.2) is 19.8 Å². The Kier molecular flexibility index (Phi) is 7.24. The highest BCUT2D eigenvalue weighted by Crippen LogP contribution is 2.42. The van der Waals surface area contributed by atoms with Crippen molar-refractivity contribution in [2.45, 2.75) is 25.9 Å². The van der Waals surface area contributed by atoms with Gasteiger partial charge in [-0.2, -0.15) is 0 Å². The number of nitrogens with one attached hydrogen (secondary N) is 1. The highest BCUT2D eigenvalue weighted by Gasteiger charge is 2.25. The van der Waals surface area contributed by atoms with Gasteiger partial charge in [-0.3, -0.25) is 9.56 Å². The zero-order valence-electron chi connectivity index (χ0n) is 28.9. The van der Waals surface area contributed by atoms with E-state index in [1.165, 1.54) is 43.8 Å². The van der Waals surface area contributed by atoms with Crippen LogP contribution in [0.15, 0.2) is 169 Å². The maximum absolute atomic E-state index is 5.49. The van der Waals surface area contributed by atoms with Crippen molar-refractivity contribution in [1.29, 1.82) is 0 Å². The number of allylic oxidation sites excluding steroid dienone is 5. The molecule has 2 aliphatic rings. The van der Waals surface area contributed by atoms with Crippen LogP contribution in [0.2, 0.25) is 0 Å². The SMILES string of the molecule is CC1C=C(c2cccc(-n3c4ccccc4c4ccc5c6ccccc6n(C6=CC=CCC6)c5c43)n2)NC(c2ccccc2)N=C1c1ccccc1. The number of hydrogen-bond acceptors (Lipinski definition) is 3. The van der Waals surface area contributed by atoms with Gasteiger partial charge in [-0.25, -0.2) is 4.98 Å². The van der Waals surface area contributed by atoms with Gasteiger partial charge in [-0.05, 0) is 54.3 Å². The smallest absolute Gasteiger partial charge is 0.145 e. The second-order valence-corrected chi connectivity index (χ2v) is 13.8. The van der Waals surface area contributed by atoms with E-state index in [4.69, 9.17) is 9.98 Å². The third kappa shape index (κ3) is 4.92. The summed E-state index contributed by atoms with van der Waals surface area (Å²) in [5.74, 6) is 0.941. The quantitative estimate of drug-likeness (QED) is 0.198. The molecule has 0 saturated heterocycles. The minimum absolute atomic E-state index is 0.0606. The predicted molar refractivity (Wildman–Crippen MR) is 217 cm³/mol. The first-order valence-electron chi connectivity index (χ1n) is 18.2. The normalized spacial score (nSPS) is 17.6. The lowest BCUT2D eigenvalue weighted by Crippen LogP contribution is -2.19. The van der Waals surface area contributed by atoms with E-state index in [1.807, 2.05) is 0 Å². The molecule has 2 atom stereocenters. The molecule has 0 spiro atoms. The number of aliphatic imine (C=N–C) groups is 1. The van der Waals surface area contributed by atoms with Crippen molar-refractivity contribution < 1.29 is 0 Å². The maximum atomic E-state index is 5.49. The van der Waals surface area contributed by atoms with Crippen molar-refractivity contribution in [3.8, 4) is 5.82 Å². The highest BCUT2D eigenvalue weighted by molar-refractivity contribution is 6.24. The van der Waals surface area contributed by atoms with Crippen molar-refractivity contribution in [1.82, 2.24) is 19.4 Å². The van der Waals surface area contributed by atoms with E-state index < -0.39 is 0 Å². The molecule has 8 aromatic rings. The summed E-state index contributed by atoms with van der Waals surface area (Å²) in [5.41, 5.74) is 11.2. The van der Waals surface area contributed by atoms with Crippen molar-refractivity contribution in [3.05, 3.63) is 181 Å². The Bertz CT molecular complexity index is 2780. The molecule has 0 radical (unpaired) electrons. The molecule has 1 aliphatic carbocycles. The number of hydrogen-bond donors (Lipinski definition) is 1. The highest BCUT2D eigenvalue weighted by atomic mass is 15.1. The monoisotopic (exact) mass is 671 g/mol. The van der Waals surface area contributed by atoms with Gasteiger partial charge in [0, 0.05) is 33.2 Å². The summed E-state index contributed by atoms with van der Waals surface area (Å²) >= 11 is 0. The minimum atomic E-state index is -0.264. The lowest BCUT2D eigenvalue weighted by atomic mass is 9.97. The number of rotatable bonds is 5. The summed E-state index contributed by atoms with van der Waals surface area (Å²) in [6, 6.07) is 49.6. The average Bonchev–Trinajstić information content (AvgIpc) is 3.66. The van der Waals surface area contributed by atoms with Crippen LogP contribution in [0.25, 0.3) is 60.8 Å². The fourth-order valence-corrected chi connectivity index (χ4v) is 8.22. The van der Waals surface area contributed by atoms with Crippen LogP contribution in [0.3, 0.4) is 0 Å². The van der Waals surface area contributed by atoms with Gasteiger partial charge in [0.05, 0.1) is 39.2 Å². The van der Waals surface area contributed by atoms with Gasteiger partial charge in [0.1, 0.15) is 12.0 Å². The molecule has 0 fully saturated rings. The predicted octanol–water partition coefficient (Wildman–Crippen LogP) is 11.2. The minimum Gasteiger partial charge on any atom is -0.359 e. The molecule has 2 unspecified atom stereocenters. The van der Waals surface area contributed by atoms with Gasteiger partial charge in [0.15, 0.2) is 0 Å². The number of aromatic nitrogens is 3. The van der Waals surface area contributed by atoms with Crippen LogP contribution in [0.5, 0.6) is 0 Å². The molecule has 1 N–H and O–H groups in total. The summed E-state index contributed by atoms with van der Waals surface area (Å²) in [6.45, 7) is 2.22. The van der Waals surface area contributed by atoms with E-state index in [0.717, 1.165) is 52.4 Å². The Morgan fingerprint density at radius 2 is 1.29 bits per heavy atom. The number of nitrogens with zero attached hydrogens (tertiary/aromatic N) is 4. The van der Waals surface area contributed by atoms with Gasteiger partial charge in [0.25, 0.3) is 0 Å². The third-order valence-corrected chi connectivity index (χ3v) is 10.6. The molecular weight excluding hydrogens is 635 g/mol. The topological polar surface area (TPSA) is 47.1 Å². The lowest BCUT2D eigenvalue weighted by molar-refractivity contribution is 0.670. The fourth-order valence-electron chi connectivity index (χ4n) is 8.22. The van der Waals surface area contributed by atoms with E-state index in [1.54, 1.807) is 0 Å². The lowest BCUT2D eigenvalue weighted by Gasteiger charge is -2.19. The molecular formula is C47H37N5. The standard InChI is InChI=1S/C47H37N5/c1-31-30-40(49-47(33-18-7-3-8-19-33)50-44(31)32-16-5-2-6-17-32)39-24-15-27-43(48-39)52-42-26-14-12-23-36(42)38-29-28-37-35-22-11-13-25-41(35)51(45(37)46(38)52)34-20-9-4-10-21-34/h2-9,11-20,22-31,47,49H,10,21H2,1H3. The van der Waals surface area contributed by atoms with Crippen molar-refractivity contribution >= 4 is 60.7 Å². The summed E-state index contributed by atoms with van der Waals surface area (Å²) < 4.78 is 4.88. The summed E-state index contributed by atoms with van der Waals surface area (Å²) in [4.78, 5) is 10.8. The van der Waals surface area contributed by atoms with Gasteiger partial charge in [-0.15, -0.1) is 0 Å². The summed E-state index contributed by atoms with van der Waals surface area (Å²) in [5, 5.41) is 8.75.